The molecule has 0 radical (unpaired) electrons. The molecular weight excluding hydrogens is 688 g/mol. The summed E-state index contributed by atoms with van der Waals surface area (Å²) >= 11 is 3.03. The molecule has 18 nitrogen and oxygen atoms in total. The number of methoxy groups -OCH3 is 2. The molecule has 1 N–H and O–H groups in total. The van der Waals surface area contributed by atoms with Gasteiger partial charge in [0.05, 0.1) is 38.7 Å². The largest absolute Gasteiger partial charge is 0.467 e. The summed E-state index contributed by atoms with van der Waals surface area (Å²) < 4.78 is 15.2. The third kappa shape index (κ3) is 8.27. The Morgan fingerprint density at radius 3 is 1.70 bits per heavy atom. The first-order valence-corrected chi connectivity index (χ1v) is 15.3. The third-order valence-corrected chi connectivity index (χ3v) is 7.71. The number of H-pyrrole nitrogens is 1. The minimum absolute atomic E-state index is 0.0777. The maximum atomic E-state index is 12.6. The molecule has 19 heteroatoms. The molecule has 0 bridgehead atoms. The second-order valence-corrected chi connectivity index (χ2v) is 10.6. The van der Waals surface area contributed by atoms with Crippen molar-refractivity contribution in [2.24, 2.45) is 14.1 Å². The Hall–Kier alpha value is -4.94. The first-order chi connectivity index (χ1) is 22.1. The van der Waals surface area contributed by atoms with Crippen molar-refractivity contribution in [1.82, 2.24) is 37.8 Å². The lowest BCUT2D eigenvalue weighted by Gasteiger charge is -2.13. The predicted molar refractivity (Wildman–Crippen MR) is 173 cm³/mol. The second-order valence-electron chi connectivity index (χ2n) is 10.0. The molecule has 4 heterocycles. The Kier molecular flexibility index (Phi) is 13.5. The Balaban J connectivity index is 0.000000284. The summed E-state index contributed by atoms with van der Waals surface area (Å²) in [6.07, 6.45) is 3.50. The number of imidazole rings is 2. The van der Waals surface area contributed by atoms with Gasteiger partial charge in [0.25, 0.3) is 11.1 Å². The number of aromatic nitrogens is 8. The van der Waals surface area contributed by atoms with Gasteiger partial charge in [-0.05, 0) is 13.8 Å². The number of esters is 2. The molecule has 0 fully saturated rings. The molecule has 0 saturated heterocycles. The van der Waals surface area contributed by atoms with Crippen molar-refractivity contribution in [2.75, 3.05) is 19.5 Å². The number of halogens is 1. The van der Waals surface area contributed by atoms with Crippen LogP contribution in [-0.2, 0) is 49.3 Å². The van der Waals surface area contributed by atoms with Crippen molar-refractivity contribution in [3.8, 4) is 0 Å². The number of nitrogens with zero attached hydrogens (tertiary/aromatic N) is 7. The third-order valence-electron chi connectivity index (χ3n) is 7.08. The molecule has 0 aromatic carbocycles. The zero-order valence-corrected chi connectivity index (χ0v) is 28.8. The van der Waals surface area contributed by atoms with Crippen LogP contribution in [0.25, 0.3) is 22.3 Å². The fraction of sp³-hybridized carbons (Fsp3) is 0.500. The van der Waals surface area contributed by atoms with Crippen molar-refractivity contribution in [2.45, 2.75) is 59.2 Å². The van der Waals surface area contributed by atoms with Gasteiger partial charge >= 0.3 is 23.3 Å². The van der Waals surface area contributed by atoms with Gasteiger partial charge in [0.2, 0.25) is 0 Å². The van der Waals surface area contributed by atoms with Crippen LogP contribution < -0.4 is 22.5 Å². The number of hydrogen-bond donors (Lipinski definition) is 1. The number of rotatable bonds is 9. The molecule has 4 aromatic rings. The van der Waals surface area contributed by atoms with Gasteiger partial charge in [0, 0.05) is 26.9 Å². The van der Waals surface area contributed by atoms with Crippen LogP contribution in [0.15, 0.2) is 31.8 Å². The minimum Gasteiger partial charge on any atom is -0.467 e. The Bertz CT molecular complexity index is 2020. The monoisotopic (exact) mass is 724 g/mol. The van der Waals surface area contributed by atoms with E-state index < -0.39 is 46.5 Å². The van der Waals surface area contributed by atoms with E-state index in [2.05, 4.69) is 40.4 Å². The summed E-state index contributed by atoms with van der Waals surface area (Å²) in [5.74, 6) is -1.03. The van der Waals surface area contributed by atoms with Crippen LogP contribution in [0.1, 0.15) is 52.6 Å². The Morgan fingerprint density at radius 1 is 0.809 bits per heavy atom. The first-order valence-electron chi connectivity index (χ1n) is 14.2. The van der Waals surface area contributed by atoms with E-state index >= 15 is 0 Å². The van der Waals surface area contributed by atoms with Crippen LogP contribution in [-0.4, -0.2) is 80.8 Å². The molecule has 4 aromatic heterocycles. The number of hydrogen-bond acceptors (Lipinski definition) is 12. The molecule has 0 aliphatic carbocycles. The van der Waals surface area contributed by atoms with Gasteiger partial charge in [-0.2, -0.15) is 0 Å². The average molecular weight is 726 g/mol. The number of ketones is 2. The van der Waals surface area contributed by atoms with Crippen LogP contribution in [0, 0.1) is 0 Å². The molecule has 0 aliphatic rings. The van der Waals surface area contributed by atoms with Crippen LogP contribution in [0.4, 0.5) is 0 Å². The molecule has 0 unspecified atom stereocenters. The topological polar surface area (TPSA) is 221 Å². The molecule has 256 valence electrons. The smallest absolute Gasteiger partial charge is 0.332 e. The fourth-order valence-electron chi connectivity index (χ4n) is 4.12. The van der Waals surface area contributed by atoms with Gasteiger partial charge in [0.15, 0.2) is 28.1 Å². The van der Waals surface area contributed by atoms with Gasteiger partial charge in [0.1, 0.15) is 17.9 Å². The van der Waals surface area contributed by atoms with Gasteiger partial charge in [-0.1, -0.05) is 29.8 Å². The van der Waals surface area contributed by atoms with Crippen molar-refractivity contribution >= 4 is 61.8 Å². The SMILES string of the molecule is CCC(=O)CBr.CCC(=O)Cn1c(=O)c2c(ncn2[C@@H](C)C(=O)OC)n(C)c1=O.COC(=O)[C@H](C)n1cnc2c1c(=O)[nH]c(=O)n2C. The van der Waals surface area contributed by atoms with Gasteiger partial charge in [-0.3, -0.25) is 37.9 Å². The number of aromatic amines is 1. The van der Waals surface area contributed by atoms with E-state index in [1.807, 2.05) is 6.92 Å². The molecular formula is C28H37BrN8O10. The van der Waals surface area contributed by atoms with Crippen molar-refractivity contribution in [3.63, 3.8) is 0 Å². The maximum Gasteiger partial charge on any atom is 0.332 e. The number of nitrogens with one attached hydrogen (secondary N) is 1. The van der Waals surface area contributed by atoms with E-state index in [9.17, 15) is 38.4 Å². The molecule has 2 atom stereocenters. The predicted octanol–water partition coefficient (Wildman–Crippen LogP) is 0.128. The lowest BCUT2D eigenvalue weighted by molar-refractivity contribution is -0.144. The van der Waals surface area contributed by atoms with Gasteiger partial charge in [-0.15, -0.1) is 0 Å². The summed E-state index contributed by atoms with van der Waals surface area (Å²) in [5, 5.41) is 0.503. The minimum atomic E-state index is -0.787. The summed E-state index contributed by atoms with van der Waals surface area (Å²) in [4.78, 5) is 103. The highest BCUT2D eigenvalue weighted by atomic mass is 79.9. The summed E-state index contributed by atoms with van der Waals surface area (Å²) in [7, 11) is 5.45. The van der Waals surface area contributed by atoms with Crippen molar-refractivity contribution in [1.29, 1.82) is 0 Å². The van der Waals surface area contributed by atoms with E-state index in [0.29, 0.717) is 11.8 Å². The van der Waals surface area contributed by atoms with E-state index in [1.54, 1.807) is 20.8 Å². The number of alkyl halides is 1. The molecule has 0 saturated carbocycles. The summed E-state index contributed by atoms with van der Waals surface area (Å²) in [5.41, 5.74) is -1.80. The van der Waals surface area contributed by atoms with Crippen molar-refractivity contribution < 1.29 is 28.7 Å². The zero-order valence-electron chi connectivity index (χ0n) is 27.2. The van der Waals surface area contributed by atoms with E-state index in [1.165, 1.54) is 59.2 Å². The van der Waals surface area contributed by atoms with E-state index in [-0.39, 0.29) is 46.9 Å². The highest BCUT2D eigenvalue weighted by molar-refractivity contribution is 9.09. The molecule has 47 heavy (non-hydrogen) atoms. The maximum absolute atomic E-state index is 12.6. The zero-order chi connectivity index (χ0) is 35.7. The number of aryl methyl sites for hydroxylation is 2. The van der Waals surface area contributed by atoms with E-state index in [0.717, 1.165) is 4.57 Å². The van der Waals surface area contributed by atoms with Crippen LogP contribution in [0.3, 0.4) is 0 Å². The lowest BCUT2D eigenvalue weighted by atomic mass is 10.3. The second kappa shape index (κ2) is 16.6. The van der Waals surface area contributed by atoms with Crippen LogP contribution >= 0.6 is 15.9 Å². The number of carbonyl (C=O) groups is 4. The van der Waals surface area contributed by atoms with Crippen LogP contribution in [0.2, 0.25) is 0 Å². The number of carbonyl (C=O) groups excluding carboxylic acids is 4. The standard InChI is InChI=1S/C14H18N4O5.C10H12N4O4.C4H7BrO/c1-5-9(19)6-17-12(20)10-11(16(3)14(17)22)15-7-18(10)8(2)13(21)23-4;1-5(9(16)18-3)14-4-11-7-6(14)8(15)12-10(17)13(7)2;1-2-4(6)3-5/h7-8H,5-6H2,1-4H3;4-5H,1-3H3,(H,12,15,17);2-3H2,1H3/t8-;5-;/m00./s1. The van der Waals surface area contributed by atoms with Crippen molar-refractivity contribution in [3.05, 3.63) is 54.3 Å². The first kappa shape index (κ1) is 38.2. The highest BCUT2D eigenvalue weighted by Crippen LogP contribution is 2.15. The molecule has 4 rings (SSSR count). The summed E-state index contributed by atoms with van der Waals surface area (Å²) in [6.45, 7) is 6.33. The molecule has 0 aliphatic heterocycles. The number of ether oxygens (including phenoxy) is 2. The normalized spacial score (nSPS) is 11.9. The fourth-order valence-corrected chi connectivity index (χ4v) is 4.52. The average Bonchev–Trinajstić information content (AvgIpc) is 3.73. The van der Waals surface area contributed by atoms with Gasteiger partial charge < -0.3 is 18.6 Å². The quantitative estimate of drug-likeness (QED) is 0.180. The van der Waals surface area contributed by atoms with Gasteiger partial charge in [-0.25, -0.2) is 29.1 Å². The Labute approximate surface area is 275 Å². The summed E-state index contributed by atoms with van der Waals surface area (Å²) in [6, 6.07) is -1.48. The lowest BCUT2D eigenvalue weighted by Crippen LogP contribution is -2.41. The number of Topliss-reactive ketones (excluding diaryl/α,β-unsaturated/α-hetero) is 2. The molecule has 0 amide bonds. The van der Waals surface area contributed by atoms with E-state index in [4.69, 9.17) is 0 Å². The number of fused-ring (bicyclic) bond motifs is 2. The molecule has 0 spiro atoms. The highest BCUT2D eigenvalue weighted by Gasteiger charge is 2.24. The Morgan fingerprint density at radius 2 is 1.28 bits per heavy atom. The van der Waals surface area contributed by atoms with Crippen LogP contribution in [0.5, 0.6) is 0 Å².